The molecule has 1 rings (SSSR count). The van der Waals surface area contributed by atoms with Crippen molar-refractivity contribution in [3.8, 4) is 5.75 Å². The molecule has 1 nitrogen and oxygen atoms in total. The van der Waals surface area contributed by atoms with E-state index >= 15 is 0 Å². The van der Waals surface area contributed by atoms with Crippen molar-refractivity contribution in [1.82, 2.24) is 0 Å². The zero-order valence-electron chi connectivity index (χ0n) is 8.10. The van der Waals surface area contributed by atoms with Crippen LogP contribution in [0.15, 0.2) is 29.2 Å². The maximum atomic E-state index is 12.1. The maximum Gasteiger partial charge on any atom is 0.446 e. The van der Waals surface area contributed by atoms with Crippen LogP contribution in [0, 0.1) is 0 Å². The zero-order chi connectivity index (χ0) is 13.1. The summed E-state index contributed by atoms with van der Waals surface area (Å²) < 4.78 is 76.1. The van der Waals surface area contributed by atoms with Crippen LogP contribution in [-0.4, -0.2) is 18.3 Å². The van der Waals surface area contributed by atoms with Crippen molar-refractivity contribution in [2.45, 2.75) is 16.6 Å². The molecule has 96 valence electrons. The van der Waals surface area contributed by atoms with Crippen molar-refractivity contribution in [2.75, 3.05) is 6.61 Å². The van der Waals surface area contributed by atoms with Crippen molar-refractivity contribution in [2.24, 2.45) is 0 Å². The third-order valence-electron chi connectivity index (χ3n) is 1.47. The summed E-state index contributed by atoms with van der Waals surface area (Å²) in [6.45, 7) is -1.62. The van der Waals surface area contributed by atoms with E-state index in [1.54, 1.807) is 0 Å². The van der Waals surface area contributed by atoms with E-state index in [0.29, 0.717) is 0 Å². The number of ether oxygens (including phenoxy) is 1. The average Bonchev–Trinajstić information content (AvgIpc) is 2.12. The van der Waals surface area contributed by atoms with Gasteiger partial charge in [0.15, 0.2) is 6.61 Å². The molecule has 0 fully saturated rings. The summed E-state index contributed by atoms with van der Waals surface area (Å²) in [4.78, 5) is -0.399. The van der Waals surface area contributed by atoms with E-state index in [2.05, 4.69) is 4.74 Å². The number of benzene rings is 1. The first kappa shape index (κ1) is 14.0. The van der Waals surface area contributed by atoms with E-state index in [1.165, 1.54) is 12.1 Å². The van der Waals surface area contributed by atoms with Gasteiger partial charge in [-0.15, -0.1) is 0 Å². The Morgan fingerprint density at radius 3 is 2.12 bits per heavy atom. The molecular weight excluding hydrogens is 270 g/mol. The molecule has 0 aliphatic heterocycles. The minimum Gasteiger partial charge on any atom is -0.483 e. The third-order valence-corrected chi connectivity index (χ3v) is 2.25. The Hall–Kier alpha value is -1.05. The van der Waals surface area contributed by atoms with Crippen LogP contribution in [0.1, 0.15) is 0 Å². The van der Waals surface area contributed by atoms with Crippen LogP contribution >= 0.6 is 11.8 Å². The van der Waals surface area contributed by atoms with Crippen LogP contribution in [-0.2, 0) is 0 Å². The molecule has 1 aromatic rings. The Kier molecular flexibility index (Phi) is 4.18. The molecule has 0 N–H and O–H groups in total. The lowest BCUT2D eigenvalue weighted by molar-refractivity contribution is -0.153. The normalized spacial score (nSPS) is 12.6. The minimum atomic E-state index is -4.59. The molecule has 0 bridgehead atoms. The summed E-state index contributed by atoms with van der Waals surface area (Å²) in [5, 5.41) is 0. The number of alkyl halides is 6. The first-order valence-corrected chi connectivity index (χ1v) is 5.03. The largest absolute Gasteiger partial charge is 0.483 e. The molecule has 0 saturated heterocycles. The average molecular weight is 276 g/mol. The summed E-state index contributed by atoms with van der Waals surface area (Å²) in [5.74, 6) is -0.438. The van der Waals surface area contributed by atoms with E-state index in [-0.39, 0.29) is 0 Å². The smallest absolute Gasteiger partial charge is 0.446 e. The van der Waals surface area contributed by atoms with Crippen molar-refractivity contribution >= 4 is 11.8 Å². The monoisotopic (exact) mass is 276 g/mol. The highest BCUT2D eigenvalue weighted by atomic mass is 32.2. The minimum absolute atomic E-state index is 0.399. The molecule has 0 aromatic heterocycles. The Labute approximate surface area is 96.8 Å². The Balaban J connectivity index is 2.78. The summed E-state index contributed by atoms with van der Waals surface area (Å²) in [5.41, 5.74) is -4.57. The Morgan fingerprint density at radius 1 is 1.00 bits per heavy atom. The molecule has 0 amide bonds. The van der Waals surface area contributed by atoms with Crippen LogP contribution in [0.2, 0.25) is 0 Å². The third kappa shape index (κ3) is 5.71. The van der Waals surface area contributed by atoms with Gasteiger partial charge >= 0.3 is 11.7 Å². The molecule has 17 heavy (non-hydrogen) atoms. The van der Waals surface area contributed by atoms with Crippen LogP contribution < -0.4 is 4.74 Å². The van der Waals surface area contributed by atoms with Gasteiger partial charge in [-0.3, -0.25) is 0 Å². The number of para-hydroxylation sites is 1. The fourth-order valence-electron chi connectivity index (χ4n) is 0.938. The highest BCUT2D eigenvalue weighted by molar-refractivity contribution is 8.00. The van der Waals surface area contributed by atoms with Gasteiger partial charge < -0.3 is 4.74 Å². The second-order valence-electron chi connectivity index (χ2n) is 2.90. The van der Waals surface area contributed by atoms with E-state index in [9.17, 15) is 26.3 Å². The molecule has 0 aliphatic carbocycles. The van der Waals surface area contributed by atoms with Crippen molar-refractivity contribution in [1.29, 1.82) is 0 Å². The maximum absolute atomic E-state index is 12.1. The number of hydrogen-bond acceptors (Lipinski definition) is 2. The molecule has 1 aromatic carbocycles. The van der Waals surface area contributed by atoms with Gasteiger partial charge in [0, 0.05) is 0 Å². The van der Waals surface area contributed by atoms with Gasteiger partial charge in [0.25, 0.3) is 0 Å². The highest BCUT2D eigenvalue weighted by Crippen LogP contribution is 2.41. The predicted octanol–water partition coefficient (Wildman–Crippen LogP) is 4.24. The van der Waals surface area contributed by atoms with E-state index in [0.717, 1.165) is 12.1 Å². The fraction of sp³-hybridized carbons (Fsp3) is 0.333. The fourth-order valence-corrected chi connectivity index (χ4v) is 1.56. The van der Waals surface area contributed by atoms with E-state index in [1.807, 2.05) is 0 Å². The summed E-state index contributed by atoms with van der Waals surface area (Å²) in [6, 6.07) is 4.68. The molecule has 0 saturated carbocycles. The van der Waals surface area contributed by atoms with Gasteiger partial charge in [-0.05, 0) is 23.9 Å². The van der Waals surface area contributed by atoms with Crippen LogP contribution in [0.3, 0.4) is 0 Å². The lowest BCUT2D eigenvalue weighted by atomic mass is 10.3. The molecule has 0 spiro atoms. The Morgan fingerprint density at radius 2 is 1.59 bits per heavy atom. The van der Waals surface area contributed by atoms with Crippen molar-refractivity contribution in [3.63, 3.8) is 0 Å². The lowest BCUT2D eigenvalue weighted by Gasteiger charge is -2.13. The van der Waals surface area contributed by atoms with Crippen molar-refractivity contribution < 1.29 is 31.1 Å². The number of rotatable bonds is 3. The van der Waals surface area contributed by atoms with Gasteiger partial charge in [-0.2, -0.15) is 26.3 Å². The summed E-state index contributed by atoms with van der Waals surface area (Å²) >= 11 is -0.514. The van der Waals surface area contributed by atoms with Gasteiger partial charge in [0.2, 0.25) is 0 Å². The SMILES string of the molecule is FC(F)(F)COc1ccccc1SC(F)(F)F. The van der Waals surface area contributed by atoms with Crippen molar-refractivity contribution in [3.05, 3.63) is 24.3 Å². The zero-order valence-corrected chi connectivity index (χ0v) is 8.92. The van der Waals surface area contributed by atoms with Gasteiger partial charge in [-0.25, -0.2) is 0 Å². The standard InChI is InChI=1S/C9H6F6OS/c10-8(11,12)5-16-6-3-1-2-4-7(6)17-9(13,14)15/h1-4H,5H2. The molecule has 0 radical (unpaired) electrons. The second kappa shape index (κ2) is 5.07. The lowest BCUT2D eigenvalue weighted by Crippen LogP contribution is -2.19. The number of hydrogen-bond donors (Lipinski definition) is 0. The van der Waals surface area contributed by atoms with Crippen LogP contribution in [0.25, 0.3) is 0 Å². The molecule has 0 unspecified atom stereocenters. The number of halogens is 6. The van der Waals surface area contributed by atoms with E-state index < -0.39 is 40.7 Å². The second-order valence-corrected chi connectivity index (χ2v) is 4.01. The molecular formula is C9H6F6OS. The number of thioether (sulfide) groups is 1. The molecule has 0 heterocycles. The van der Waals surface area contributed by atoms with Gasteiger partial charge in [-0.1, -0.05) is 12.1 Å². The van der Waals surface area contributed by atoms with Crippen LogP contribution in [0.4, 0.5) is 26.3 Å². The van der Waals surface area contributed by atoms with Crippen LogP contribution in [0.5, 0.6) is 5.75 Å². The quantitative estimate of drug-likeness (QED) is 0.603. The predicted molar refractivity (Wildman–Crippen MR) is 49.9 cm³/mol. The summed E-state index contributed by atoms with van der Waals surface area (Å²) in [6.07, 6.45) is -4.59. The first-order chi connectivity index (χ1) is 7.67. The van der Waals surface area contributed by atoms with Gasteiger partial charge in [0.1, 0.15) is 5.75 Å². The van der Waals surface area contributed by atoms with Gasteiger partial charge in [0.05, 0.1) is 4.90 Å². The molecule has 0 aliphatic rings. The summed E-state index contributed by atoms with van der Waals surface area (Å²) in [7, 11) is 0. The molecule has 0 atom stereocenters. The Bertz CT molecular complexity index is 372. The van der Waals surface area contributed by atoms with E-state index in [4.69, 9.17) is 0 Å². The first-order valence-electron chi connectivity index (χ1n) is 4.22. The topological polar surface area (TPSA) is 9.23 Å². The highest BCUT2D eigenvalue weighted by Gasteiger charge is 2.32. The molecule has 8 heteroatoms.